The van der Waals surface area contributed by atoms with Gasteiger partial charge in [0.2, 0.25) is 0 Å². The van der Waals surface area contributed by atoms with E-state index >= 15 is 0 Å². The zero-order valence-corrected chi connectivity index (χ0v) is 32.3. The van der Waals surface area contributed by atoms with Gasteiger partial charge in [-0.2, -0.15) is 0 Å². The zero-order valence-electron chi connectivity index (χ0n) is 31.5. The van der Waals surface area contributed by atoms with Gasteiger partial charge in [-0.15, -0.1) is 0 Å². The van der Waals surface area contributed by atoms with Crippen molar-refractivity contribution in [1.82, 2.24) is 0 Å². The van der Waals surface area contributed by atoms with Crippen LogP contribution in [0.25, 0.3) is 0 Å². The molecule has 0 aliphatic carbocycles. The average molecular weight is 675 g/mol. The summed E-state index contributed by atoms with van der Waals surface area (Å²) in [5.74, 6) is -0.527. The molecule has 0 radical (unpaired) electrons. The Labute approximate surface area is 294 Å². The number of hydrogen-bond donors (Lipinski definition) is 0. The van der Waals surface area contributed by atoms with Crippen molar-refractivity contribution in [3.05, 3.63) is 0 Å². The number of hydrogen-bond acceptors (Lipinski definition) is 4. The summed E-state index contributed by atoms with van der Waals surface area (Å²) in [5.41, 5.74) is 0. The molecule has 276 valence electrons. The van der Waals surface area contributed by atoms with Gasteiger partial charge in [0, 0.05) is 11.2 Å². The van der Waals surface area contributed by atoms with E-state index in [2.05, 4.69) is 13.8 Å². The van der Waals surface area contributed by atoms with Gasteiger partial charge in [0.1, 0.15) is 0 Å². The van der Waals surface area contributed by atoms with Crippen LogP contribution in [0.4, 0.5) is 0 Å². The molecule has 0 spiro atoms. The van der Waals surface area contributed by atoms with Crippen LogP contribution in [0.3, 0.4) is 0 Å². The summed E-state index contributed by atoms with van der Waals surface area (Å²) < 4.78 is 0. The summed E-state index contributed by atoms with van der Waals surface area (Å²) in [6, 6.07) is 0. The molecule has 5 nitrogen and oxygen atoms in total. The van der Waals surface area contributed by atoms with Crippen molar-refractivity contribution < 1.29 is 36.5 Å². The molecule has 0 heterocycles. The average Bonchev–Trinajstić information content (AvgIpc) is 3.01. The van der Waals surface area contributed by atoms with Crippen molar-refractivity contribution >= 4 is 11.9 Å². The molecular formula is C40H80ClNO4. The maximum atomic E-state index is 12.5. The van der Waals surface area contributed by atoms with E-state index in [1.165, 1.54) is 167 Å². The Bertz CT molecular complexity index is 597. The smallest absolute Gasteiger partial charge is 0.372 e. The van der Waals surface area contributed by atoms with Gasteiger partial charge in [-0.05, 0) is 12.8 Å². The normalized spacial score (nSPS) is 11.4. The Morgan fingerprint density at radius 3 is 0.804 bits per heavy atom. The summed E-state index contributed by atoms with van der Waals surface area (Å²) in [6.07, 6.45) is 40.6. The number of unbranched alkanes of at least 4 members (excludes halogenated alkanes) is 28. The van der Waals surface area contributed by atoms with E-state index < -0.39 is 0 Å². The summed E-state index contributed by atoms with van der Waals surface area (Å²) in [7, 11) is 1.69. The first kappa shape index (κ1) is 47.3. The van der Waals surface area contributed by atoms with Crippen LogP contribution in [0, 0.1) is 0 Å². The molecule has 0 saturated carbocycles. The highest BCUT2D eigenvalue weighted by Crippen LogP contribution is 2.17. The second-order valence-corrected chi connectivity index (χ2v) is 14.1. The number of carbonyl (C=O) groups excluding carboxylic acids is 2. The predicted molar refractivity (Wildman–Crippen MR) is 193 cm³/mol. The first-order valence-electron chi connectivity index (χ1n) is 20.3. The van der Waals surface area contributed by atoms with Crippen LogP contribution >= 0.6 is 0 Å². The minimum atomic E-state index is -0.383. The van der Waals surface area contributed by atoms with Crippen molar-refractivity contribution in [3.8, 4) is 0 Å². The Kier molecular flexibility index (Phi) is 38.1. The number of rotatable bonds is 36. The number of nitrogens with zero attached hydrogens (tertiary/aromatic N) is 1. The lowest BCUT2D eigenvalue weighted by atomic mass is 10.0. The molecule has 46 heavy (non-hydrogen) atoms. The second kappa shape index (κ2) is 37.0. The molecule has 0 aliphatic heterocycles. The number of halogens is 1. The van der Waals surface area contributed by atoms with Gasteiger partial charge in [0.15, 0.2) is 13.6 Å². The van der Waals surface area contributed by atoms with Crippen molar-refractivity contribution in [1.29, 1.82) is 0 Å². The SMILES string of the molecule is CCCCCCCCCCCCCCCCCC(=O)O[N+](C)(CCC)OC(=O)CCCCCCCCCCCCCCCCC.[Cl-]. The lowest BCUT2D eigenvalue weighted by Crippen LogP contribution is -3.00. The summed E-state index contributed by atoms with van der Waals surface area (Å²) in [5, 5.41) is 0. The van der Waals surface area contributed by atoms with Gasteiger partial charge in [-0.1, -0.05) is 201 Å². The summed E-state index contributed by atoms with van der Waals surface area (Å²) in [6.45, 7) is 7.05. The molecule has 0 amide bonds. The Morgan fingerprint density at radius 2 is 0.587 bits per heavy atom. The van der Waals surface area contributed by atoms with E-state index in [0.717, 1.165) is 32.1 Å². The molecule has 0 aliphatic rings. The molecule has 0 N–H and O–H groups in total. The fourth-order valence-electron chi connectivity index (χ4n) is 6.32. The van der Waals surface area contributed by atoms with Gasteiger partial charge in [-0.25, -0.2) is 19.3 Å². The quantitative estimate of drug-likeness (QED) is 0.0377. The van der Waals surface area contributed by atoms with Crippen LogP contribution in [0.2, 0.25) is 0 Å². The molecule has 0 aromatic carbocycles. The zero-order chi connectivity index (χ0) is 33.1. The minimum absolute atomic E-state index is 0. The fraction of sp³-hybridized carbons (Fsp3) is 0.950. The van der Waals surface area contributed by atoms with E-state index in [4.69, 9.17) is 9.68 Å². The van der Waals surface area contributed by atoms with E-state index in [1.807, 2.05) is 6.92 Å². The highest BCUT2D eigenvalue weighted by molar-refractivity contribution is 5.69. The molecule has 0 fully saturated rings. The monoisotopic (exact) mass is 674 g/mol. The maximum absolute atomic E-state index is 12.5. The molecule has 6 heteroatoms. The lowest BCUT2D eigenvalue weighted by Gasteiger charge is -2.26. The van der Waals surface area contributed by atoms with Crippen LogP contribution < -0.4 is 12.4 Å². The summed E-state index contributed by atoms with van der Waals surface area (Å²) >= 11 is 0. The third kappa shape index (κ3) is 34.5. The highest BCUT2D eigenvalue weighted by atomic mass is 35.5. The van der Waals surface area contributed by atoms with Crippen LogP contribution in [0.15, 0.2) is 0 Å². The lowest BCUT2D eigenvalue weighted by molar-refractivity contribution is -1.21. The molecule has 0 unspecified atom stereocenters. The Balaban J connectivity index is 0. The number of carbonyl (C=O) groups is 2. The molecule has 0 atom stereocenters. The molecule has 0 aromatic heterocycles. The first-order chi connectivity index (χ1) is 22.0. The molecular weight excluding hydrogens is 594 g/mol. The molecule has 0 rings (SSSR count). The Morgan fingerprint density at radius 1 is 0.370 bits per heavy atom. The van der Waals surface area contributed by atoms with Crippen LogP contribution in [0.1, 0.15) is 233 Å². The van der Waals surface area contributed by atoms with Gasteiger partial charge in [0.25, 0.3) is 0 Å². The molecule has 0 aromatic rings. The Hall–Kier alpha value is -0.810. The van der Waals surface area contributed by atoms with E-state index in [0.29, 0.717) is 19.4 Å². The largest absolute Gasteiger partial charge is 1.00 e. The van der Waals surface area contributed by atoms with Crippen molar-refractivity contribution in [2.45, 2.75) is 233 Å². The maximum Gasteiger partial charge on any atom is 0.372 e. The van der Waals surface area contributed by atoms with Crippen molar-refractivity contribution in [2.75, 3.05) is 13.6 Å². The highest BCUT2D eigenvalue weighted by Gasteiger charge is 2.32. The van der Waals surface area contributed by atoms with E-state index in [1.54, 1.807) is 7.05 Å². The van der Waals surface area contributed by atoms with Gasteiger partial charge < -0.3 is 12.4 Å². The standard InChI is InChI=1S/C40H80NO4.ClH/c1-5-8-10-12-14-16-18-20-22-24-26-28-30-32-34-36-39(42)44-41(4,38-7-3)45-40(43)37-35-33-31-29-27-25-23-21-19-17-15-13-11-9-6-2;/h5-38H2,1-4H3;1H/q+1;/p-1. The molecule has 0 saturated heterocycles. The first-order valence-corrected chi connectivity index (χ1v) is 20.3. The number of quaternary nitrogens is 1. The van der Waals surface area contributed by atoms with Crippen LogP contribution in [-0.2, 0) is 19.3 Å². The van der Waals surface area contributed by atoms with Gasteiger partial charge in [0.05, 0.1) is 12.8 Å². The number of hydroxylamine groups is 4. The second-order valence-electron chi connectivity index (χ2n) is 14.1. The molecule has 0 bridgehead atoms. The summed E-state index contributed by atoms with van der Waals surface area (Å²) in [4.78, 5) is 36.0. The van der Waals surface area contributed by atoms with Gasteiger partial charge >= 0.3 is 11.9 Å². The van der Waals surface area contributed by atoms with Crippen LogP contribution in [0.5, 0.6) is 0 Å². The van der Waals surface area contributed by atoms with E-state index in [9.17, 15) is 9.59 Å². The van der Waals surface area contributed by atoms with Crippen molar-refractivity contribution in [3.63, 3.8) is 0 Å². The topological polar surface area (TPSA) is 52.6 Å². The predicted octanol–water partition coefficient (Wildman–Crippen LogP) is 10.3. The third-order valence-corrected chi connectivity index (χ3v) is 9.19. The fourth-order valence-corrected chi connectivity index (χ4v) is 6.32. The van der Waals surface area contributed by atoms with Crippen LogP contribution in [-0.4, -0.2) is 30.3 Å². The minimum Gasteiger partial charge on any atom is -1.00 e. The van der Waals surface area contributed by atoms with E-state index in [-0.39, 0.29) is 29.2 Å². The van der Waals surface area contributed by atoms with Crippen molar-refractivity contribution in [2.24, 2.45) is 0 Å². The van der Waals surface area contributed by atoms with Gasteiger partial charge in [-0.3, -0.25) is 0 Å². The third-order valence-electron chi connectivity index (χ3n) is 9.19.